The van der Waals surface area contributed by atoms with Crippen LogP contribution >= 0.6 is 0 Å². The van der Waals surface area contributed by atoms with E-state index in [0.717, 1.165) is 28.7 Å². The highest BCUT2D eigenvalue weighted by atomic mass is 16.5. The van der Waals surface area contributed by atoms with Crippen LogP contribution in [-0.4, -0.2) is 17.5 Å². The molecule has 0 saturated carbocycles. The van der Waals surface area contributed by atoms with Crippen LogP contribution in [0.4, 0.5) is 0 Å². The van der Waals surface area contributed by atoms with E-state index in [1.165, 1.54) is 0 Å². The van der Waals surface area contributed by atoms with Gasteiger partial charge in [-0.3, -0.25) is 4.79 Å². The Morgan fingerprint density at radius 2 is 2.04 bits per heavy atom. The van der Waals surface area contributed by atoms with Gasteiger partial charge in [0.15, 0.2) is 5.78 Å². The number of ether oxygens (including phenoxy) is 1. The molecule has 2 aliphatic carbocycles. The summed E-state index contributed by atoms with van der Waals surface area (Å²) in [7, 11) is 0. The summed E-state index contributed by atoms with van der Waals surface area (Å²) in [4.78, 5) is 12.2. The Morgan fingerprint density at radius 1 is 1.33 bits per heavy atom. The van der Waals surface area contributed by atoms with Crippen LogP contribution in [0.15, 0.2) is 18.2 Å². The van der Waals surface area contributed by atoms with E-state index >= 15 is 0 Å². The molecule has 0 aliphatic heterocycles. The van der Waals surface area contributed by atoms with E-state index < -0.39 is 0 Å². The minimum atomic E-state index is -0.0828. The van der Waals surface area contributed by atoms with Gasteiger partial charge in [-0.05, 0) is 71.1 Å². The number of hydrogen-bond donors (Lipinski definition) is 1. The maximum atomic E-state index is 12.2. The summed E-state index contributed by atoms with van der Waals surface area (Å²) < 4.78 is 6.06. The number of fused-ring (bicyclic) bond motifs is 3. The highest BCUT2D eigenvalue weighted by molar-refractivity contribution is 6.00. The van der Waals surface area contributed by atoms with Gasteiger partial charge in [0.05, 0.1) is 6.10 Å². The molecule has 3 nitrogen and oxygen atoms in total. The molecule has 1 aromatic carbocycles. The molecule has 0 aromatic heterocycles. The Kier molecular flexibility index (Phi) is 4.33. The lowest BCUT2D eigenvalue weighted by molar-refractivity contribution is -0.117. The highest BCUT2D eigenvalue weighted by Gasteiger charge is 2.43. The molecule has 0 bridgehead atoms. The van der Waals surface area contributed by atoms with Crippen LogP contribution < -0.4 is 0 Å². The highest BCUT2D eigenvalue weighted by Crippen LogP contribution is 2.54. The minimum Gasteiger partial charge on any atom is -0.508 e. The Hall–Kier alpha value is -1.61. The standard InChI is InChI=1S/C21H28O3/c1-6-24-20-10-18-16(7-13(22)11-21(18,4)5)15-9-19(23)14(12(2)3)8-17(15)20/h7-9,12,18,20,23H,6,10-11H2,1-5H3/t18-,20-/m1/s1. The number of phenolic OH excluding ortho intramolecular Hbond substituents is 1. The summed E-state index contributed by atoms with van der Waals surface area (Å²) in [6, 6.07) is 3.93. The molecule has 0 spiro atoms. The number of hydrogen-bond acceptors (Lipinski definition) is 3. The Bertz CT molecular complexity index is 697. The van der Waals surface area contributed by atoms with Crippen LogP contribution in [0.25, 0.3) is 5.57 Å². The Labute approximate surface area is 144 Å². The van der Waals surface area contributed by atoms with Gasteiger partial charge in [0.2, 0.25) is 0 Å². The number of benzene rings is 1. The second-order valence-corrected chi connectivity index (χ2v) is 8.12. The van der Waals surface area contributed by atoms with Crippen LogP contribution in [0, 0.1) is 11.3 Å². The Balaban J connectivity index is 2.20. The molecule has 3 rings (SSSR count). The second-order valence-electron chi connectivity index (χ2n) is 8.12. The van der Waals surface area contributed by atoms with Gasteiger partial charge in [-0.25, -0.2) is 0 Å². The second kappa shape index (κ2) is 6.03. The van der Waals surface area contributed by atoms with Gasteiger partial charge in [0.1, 0.15) is 5.75 Å². The molecular weight excluding hydrogens is 300 g/mol. The van der Waals surface area contributed by atoms with Crippen molar-refractivity contribution in [2.24, 2.45) is 11.3 Å². The van der Waals surface area contributed by atoms with Gasteiger partial charge >= 0.3 is 0 Å². The van der Waals surface area contributed by atoms with E-state index in [-0.39, 0.29) is 29.1 Å². The molecule has 2 atom stereocenters. The fraction of sp³-hybridized carbons (Fsp3) is 0.571. The minimum absolute atomic E-state index is 0.0257. The number of carbonyl (C=O) groups excluding carboxylic acids is 1. The van der Waals surface area contributed by atoms with Crippen molar-refractivity contribution >= 4 is 11.4 Å². The molecule has 3 heteroatoms. The zero-order chi connectivity index (χ0) is 17.6. The first kappa shape index (κ1) is 17.2. The predicted octanol–water partition coefficient (Wildman–Crippen LogP) is 5.00. The van der Waals surface area contributed by atoms with Crippen molar-refractivity contribution in [2.75, 3.05) is 6.61 Å². The summed E-state index contributed by atoms with van der Waals surface area (Å²) >= 11 is 0. The summed E-state index contributed by atoms with van der Waals surface area (Å²) in [6.45, 7) is 11.2. The molecule has 0 heterocycles. The quantitative estimate of drug-likeness (QED) is 0.849. The van der Waals surface area contributed by atoms with Crippen molar-refractivity contribution in [2.45, 2.75) is 59.5 Å². The first-order valence-electron chi connectivity index (χ1n) is 8.97. The molecular formula is C21H28O3. The molecule has 0 fully saturated rings. The SMILES string of the molecule is CCO[C@@H]1C[C@@H]2C(=CC(=O)CC2(C)C)c2cc(O)c(C(C)C)cc21. The van der Waals surface area contributed by atoms with Crippen LogP contribution in [-0.2, 0) is 9.53 Å². The third kappa shape index (κ3) is 2.79. The fourth-order valence-corrected chi connectivity index (χ4v) is 4.33. The molecule has 1 N–H and O–H groups in total. The number of allylic oxidation sites excluding steroid dienone is 2. The fourth-order valence-electron chi connectivity index (χ4n) is 4.33. The van der Waals surface area contributed by atoms with Crippen molar-refractivity contribution < 1.29 is 14.6 Å². The average Bonchev–Trinajstić information content (AvgIpc) is 2.47. The van der Waals surface area contributed by atoms with E-state index in [9.17, 15) is 9.90 Å². The number of carbonyl (C=O) groups is 1. The van der Waals surface area contributed by atoms with Crippen molar-refractivity contribution in [3.05, 3.63) is 34.9 Å². The molecule has 0 saturated heterocycles. The lowest BCUT2D eigenvalue weighted by Gasteiger charge is -2.44. The maximum absolute atomic E-state index is 12.2. The van der Waals surface area contributed by atoms with Crippen molar-refractivity contribution in [3.63, 3.8) is 0 Å². The summed E-state index contributed by atoms with van der Waals surface area (Å²) in [6.07, 6.45) is 3.30. The van der Waals surface area contributed by atoms with Gasteiger partial charge in [-0.1, -0.05) is 27.7 Å². The van der Waals surface area contributed by atoms with Gasteiger partial charge in [-0.2, -0.15) is 0 Å². The van der Waals surface area contributed by atoms with Crippen molar-refractivity contribution in [1.29, 1.82) is 0 Å². The van der Waals surface area contributed by atoms with Gasteiger partial charge in [0.25, 0.3) is 0 Å². The Morgan fingerprint density at radius 3 is 2.67 bits per heavy atom. The van der Waals surface area contributed by atoms with E-state index in [1.54, 1.807) is 6.08 Å². The van der Waals surface area contributed by atoms with E-state index in [4.69, 9.17) is 4.74 Å². The number of ketones is 1. The van der Waals surface area contributed by atoms with Crippen molar-refractivity contribution in [1.82, 2.24) is 0 Å². The third-order valence-electron chi connectivity index (χ3n) is 5.56. The first-order valence-corrected chi connectivity index (χ1v) is 8.97. The smallest absolute Gasteiger partial charge is 0.156 e. The first-order chi connectivity index (χ1) is 11.2. The predicted molar refractivity (Wildman–Crippen MR) is 96.1 cm³/mol. The zero-order valence-corrected chi connectivity index (χ0v) is 15.3. The van der Waals surface area contributed by atoms with Crippen LogP contribution in [0.5, 0.6) is 5.75 Å². The largest absolute Gasteiger partial charge is 0.508 e. The summed E-state index contributed by atoms with van der Waals surface area (Å²) in [5, 5.41) is 10.5. The topological polar surface area (TPSA) is 46.5 Å². The number of rotatable bonds is 3. The maximum Gasteiger partial charge on any atom is 0.156 e. The van der Waals surface area contributed by atoms with E-state index in [0.29, 0.717) is 18.8 Å². The number of aromatic hydroxyl groups is 1. The normalized spacial score (nSPS) is 25.2. The monoisotopic (exact) mass is 328 g/mol. The zero-order valence-electron chi connectivity index (χ0n) is 15.3. The van der Waals surface area contributed by atoms with E-state index in [2.05, 4.69) is 33.8 Å². The third-order valence-corrected chi connectivity index (χ3v) is 5.56. The van der Waals surface area contributed by atoms with Crippen LogP contribution in [0.1, 0.15) is 76.2 Å². The molecule has 2 aliphatic rings. The molecule has 1 aromatic rings. The van der Waals surface area contributed by atoms with Crippen LogP contribution in [0.2, 0.25) is 0 Å². The number of phenols is 1. The summed E-state index contributed by atoms with van der Waals surface area (Å²) in [5.41, 5.74) is 4.05. The lowest BCUT2D eigenvalue weighted by Crippen LogP contribution is -2.36. The lowest BCUT2D eigenvalue weighted by atomic mass is 9.61. The van der Waals surface area contributed by atoms with Gasteiger partial charge in [0, 0.05) is 13.0 Å². The van der Waals surface area contributed by atoms with E-state index in [1.807, 2.05) is 13.0 Å². The average molecular weight is 328 g/mol. The molecule has 0 unspecified atom stereocenters. The summed E-state index contributed by atoms with van der Waals surface area (Å²) in [5.74, 6) is 1.02. The molecule has 130 valence electrons. The van der Waals surface area contributed by atoms with Crippen molar-refractivity contribution in [3.8, 4) is 5.75 Å². The molecule has 0 amide bonds. The molecule has 0 radical (unpaired) electrons. The molecule has 24 heavy (non-hydrogen) atoms. The van der Waals surface area contributed by atoms with Gasteiger partial charge < -0.3 is 9.84 Å². The van der Waals surface area contributed by atoms with Crippen LogP contribution in [0.3, 0.4) is 0 Å². The van der Waals surface area contributed by atoms with Gasteiger partial charge in [-0.15, -0.1) is 0 Å².